The summed E-state index contributed by atoms with van der Waals surface area (Å²) in [5, 5.41) is 15.5. The van der Waals surface area contributed by atoms with Gasteiger partial charge in [0.1, 0.15) is 0 Å². The van der Waals surface area contributed by atoms with Gasteiger partial charge < -0.3 is 15.7 Å². The molecule has 0 saturated heterocycles. The highest BCUT2D eigenvalue weighted by atomic mass is 16.3. The van der Waals surface area contributed by atoms with E-state index in [9.17, 15) is 14.7 Å². The topological polar surface area (TPSA) is 78.4 Å². The van der Waals surface area contributed by atoms with Crippen LogP contribution in [0.2, 0.25) is 0 Å². The van der Waals surface area contributed by atoms with Crippen LogP contribution in [0.3, 0.4) is 0 Å². The highest BCUT2D eigenvalue weighted by molar-refractivity contribution is 6.39. The zero-order valence-corrected chi connectivity index (χ0v) is 15.5. The number of aryl methyl sites for hydroxylation is 3. The Balaban J connectivity index is 1.83. The molecule has 0 saturated carbocycles. The zero-order chi connectivity index (χ0) is 19.2. The minimum atomic E-state index is -1.09. The number of carbonyl (C=O) groups is 2. The van der Waals surface area contributed by atoms with Crippen molar-refractivity contribution in [3.05, 3.63) is 65.2 Å². The second kappa shape index (κ2) is 8.63. The summed E-state index contributed by atoms with van der Waals surface area (Å²) in [4.78, 5) is 24.0. The molecular weight excluding hydrogens is 328 g/mol. The number of amides is 2. The third-order valence-corrected chi connectivity index (χ3v) is 4.11. The third-order valence-electron chi connectivity index (χ3n) is 4.11. The summed E-state index contributed by atoms with van der Waals surface area (Å²) >= 11 is 0. The maximum absolute atomic E-state index is 12.0. The average molecular weight is 354 g/mol. The van der Waals surface area contributed by atoms with Crippen molar-refractivity contribution in [1.82, 2.24) is 5.32 Å². The molecule has 0 radical (unpaired) electrons. The number of aliphatic hydroxyl groups is 1. The number of rotatable bonds is 6. The standard InChI is InChI=1S/C21H26N2O3/c1-15-11-16(2)13-18(12-15)23-20(25)19(24)22-14-21(3,26)10-9-17-7-5-4-6-8-17/h4-8,11-13,26H,9-10,14H2,1-3H3,(H,22,24)(H,23,25). The Labute approximate surface area is 154 Å². The fourth-order valence-electron chi connectivity index (χ4n) is 2.73. The fourth-order valence-corrected chi connectivity index (χ4v) is 2.73. The van der Waals surface area contributed by atoms with Gasteiger partial charge in [0, 0.05) is 12.2 Å². The van der Waals surface area contributed by atoms with E-state index >= 15 is 0 Å². The fraction of sp³-hybridized carbons (Fsp3) is 0.333. The van der Waals surface area contributed by atoms with E-state index in [-0.39, 0.29) is 6.54 Å². The average Bonchev–Trinajstić information content (AvgIpc) is 2.58. The zero-order valence-electron chi connectivity index (χ0n) is 15.5. The van der Waals surface area contributed by atoms with Gasteiger partial charge in [-0.15, -0.1) is 0 Å². The van der Waals surface area contributed by atoms with E-state index in [0.717, 1.165) is 16.7 Å². The van der Waals surface area contributed by atoms with Crippen LogP contribution in [0.1, 0.15) is 30.0 Å². The predicted molar refractivity (Wildman–Crippen MR) is 103 cm³/mol. The van der Waals surface area contributed by atoms with Gasteiger partial charge in [0.25, 0.3) is 0 Å². The van der Waals surface area contributed by atoms with Gasteiger partial charge in [0.05, 0.1) is 5.60 Å². The van der Waals surface area contributed by atoms with Crippen molar-refractivity contribution in [3.8, 4) is 0 Å². The highest BCUT2D eigenvalue weighted by Gasteiger charge is 2.23. The maximum Gasteiger partial charge on any atom is 0.313 e. The van der Waals surface area contributed by atoms with E-state index in [0.29, 0.717) is 18.5 Å². The second-order valence-corrected chi connectivity index (χ2v) is 7.00. The van der Waals surface area contributed by atoms with Crippen LogP contribution in [0.25, 0.3) is 0 Å². The lowest BCUT2D eigenvalue weighted by molar-refractivity contribution is -0.136. The monoisotopic (exact) mass is 354 g/mol. The Morgan fingerprint density at radius 1 is 1.00 bits per heavy atom. The van der Waals surface area contributed by atoms with Crippen LogP contribution in [0.5, 0.6) is 0 Å². The minimum Gasteiger partial charge on any atom is -0.388 e. The number of hydrogen-bond donors (Lipinski definition) is 3. The number of anilines is 1. The molecule has 0 spiro atoms. The number of hydrogen-bond acceptors (Lipinski definition) is 3. The van der Waals surface area contributed by atoms with Gasteiger partial charge in [0.2, 0.25) is 0 Å². The summed E-state index contributed by atoms with van der Waals surface area (Å²) in [7, 11) is 0. The molecule has 0 aliphatic carbocycles. The van der Waals surface area contributed by atoms with E-state index in [1.165, 1.54) is 0 Å². The van der Waals surface area contributed by atoms with E-state index in [4.69, 9.17) is 0 Å². The molecule has 2 aromatic carbocycles. The van der Waals surface area contributed by atoms with Crippen molar-refractivity contribution >= 4 is 17.5 Å². The molecule has 0 heterocycles. The number of carbonyl (C=O) groups excluding carboxylic acids is 2. The third kappa shape index (κ3) is 6.33. The molecular formula is C21H26N2O3. The molecule has 2 rings (SSSR count). The van der Waals surface area contributed by atoms with Crippen LogP contribution in [-0.4, -0.2) is 29.1 Å². The Hall–Kier alpha value is -2.66. The van der Waals surface area contributed by atoms with Crippen molar-refractivity contribution in [3.63, 3.8) is 0 Å². The van der Waals surface area contributed by atoms with Gasteiger partial charge in [-0.05, 0) is 62.4 Å². The summed E-state index contributed by atoms with van der Waals surface area (Å²) in [5.74, 6) is -1.50. The molecule has 0 aromatic heterocycles. The number of nitrogens with one attached hydrogen (secondary N) is 2. The van der Waals surface area contributed by atoms with Crippen LogP contribution in [0.15, 0.2) is 48.5 Å². The molecule has 0 fully saturated rings. The van der Waals surface area contributed by atoms with Crippen LogP contribution >= 0.6 is 0 Å². The minimum absolute atomic E-state index is 0.0128. The lowest BCUT2D eigenvalue weighted by atomic mass is 9.97. The molecule has 0 bridgehead atoms. The first-order valence-electron chi connectivity index (χ1n) is 8.69. The summed E-state index contributed by atoms with van der Waals surface area (Å²) in [5.41, 5.74) is 2.62. The lowest BCUT2D eigenvalue weighted by Gasteiger charge is -2.23. The lowest BCUT2D eigenvalue weighted by Crippen LogP contribution is -2.44. The smallest absolute Gasteiger partial charge is 0.313 e. The van der Waals surface area contributed by atoms with Crippen LogP contribution in [0, 0.1) is 13.8 Å². The Kier molecular flexibility index (Phi) is 6.52. The maximum atomic E-state index is 12.0. The van der Waals surface area contributed by atoms with Crippen molar-refractivity contribution in [2.24, 2.45) is 0 Å². The summed E-state index contributed by atoms with van der Waals surface area (Å²) < 4.78 is 0. The van der Waals surface area contributed by atoms with Crippen LogP contribution in [0.4, 0.5) is 5.69 Å². The molecule has 26 heavy (non-hydrogen) atoms. The second-order valence-electron chi connectivity index (χ2n) is 7.00. The number of benzene rings is 2. The molecule has 2 amide bonds. The first-order valence-corrected chi connectivity index (χ1v) is 8.69. The van der Waals surface area contributed by atoms with Gasteiger partial charge in [-0.3, -0.25) is 9.59 Å². The molecule has 0 aliphatic heterocycles. The Bertz CT molecular complexity index is 750. The van der Waals surface area contributed by atoms with Crippen LogP contribution in [-0.2, 0) is 16.0 Å². The largest absolute Gasteiger partial charge is 0.388 e. The predicted octanol–water partition coefficient (Wildman–Crippen LogP) is 2.74. The molecule has 1 atom stereocenters. The van der Waals surface area contributed by atoms with Gasteiger partial charge in [-0.2, -0.15) is 0 Å². The summed E-state index contributed by atoms with van der Waals surface area (Å²) in [6, 6.07) is 15.4. The van der Waals surface area contributed by atoms with Crippen molar-refractivity contribution in [1.29, 1.82) is 0 Å². The van der Waals surface area contributed by atoms with E-state index in [2.05, 4.69) is 10.6 Å². The first-order chi connectivity index (χ1) is 12.2. The van der Waals surface area contributed by atoms with E-state index < -0.39 is 17.4 Å². The first kappa shape index (κ1) is 19.7. The van der Waals surface area contributed by atoms with Crippen molar-refractivity contribution < 1.29 is 14.7 Å². The Morgan fingerprint density at radius 2 is 1.62 bits per heavy atom. The Morgan fingerprint density at radius 3 is 2.23 bits per heavy atom. The van der Waals surface area contributed by atoms with Crippen LogP contribution < -0.4 is 10.6 Å². The highest BCUT2D eigenvalue weighted by Crippen LogP contribution is 2.15. The molecule has 5 heteroatoms. The SMILES string of the molecule is Cc1cc(C)cc(NC(=O)C(=O)NCC(C)(O)CCc2ccccc2)c1. The summed E-state index contributed by atoms with van der Waals surface area (Å²) in [6.45, 7) is 5.51. The summed E-state index contributed by atoms with van der Waals surface area (Å²) in [6.07, 6.45) is 1.18. The molecule has 0 aliphatic rings. The molecule has 1 unspecified atom stereocenters. The molecule has 2 aromatic rings. The quantitative estimate of drug-likeness (QED) is 0.698. The molecule has 138 valence electrons. The van der Waals surface area contributed by atoms with E-state index in [1.807, 2.05) is 50.2 Å². The van der Waals surface area contributed by atoms with Gasteiger partial charge in [-0.25, -0.2) is 0 Å². The van der Waals surface area contributed by atoms with E-state index in [1.54, 1.807) is 19.1 Å². The molecule has 3 N–H and O–H groups in total. The van der Waals surface area contributed by atoms with Crippen molar-refractivity contribution in [2.75, 3.05) is 11.9 Å². The van der Waals surface area contributed by atoms with Crippen molar-refractivity contribution in [2.45, 2.75) is 39.2 Å². The van der Waals surface area contributed by atoms with Gasteiger partial charge in [0.15, 0.2) is 0 Å². The normalized spacial score (nSPS) is 12.9. The van der Waals surface area contributed by atoms with Gasteiger partial charge >= 0.3 is 11.8 Å². The van der Waals surface area contributed by atoms with Gasteiger partial charge in [-0.1, -0.05) is 36.4 Å². The molecule has 5 nitrogen and oxygen atoms in total.